The zero-order valence-corrected chi connectivity index (χ0v) is 14.2. The molecule has 24 heavy (non-hydrogen) atoms. The molecule has 1 aromatic carbocycles. The Morgan fingerprint density at radius 2 is 2.00 bits per heavy atom. The van der Waals surface area contributed by atoms with Crippen LogP contribution in [-0.4, -0.2) is 31.9 Å². The van der Waals surface area contributed by atoms with Crippen molar-refractivity contribution in [1.29, 1.82) is 0 Å². The van der Waals surface area contributed by atoms with Crippen molar-refractivity contribution in [2.24, 2.45) is 0 Å². The number of nitrogens with zero attached hydrogens (tertiary/aromatic N) is 1. The van der Waals surface area contributed by atoms with Gasteiger partial charge in [0.2, 0.25) is 10.0 Å². The van der Waals surface area contributed by atoms with E-state index in [-0.39, 0.29) is 18.4 Å². The van der Waals surface area contributed by atoms with Crippen molar-refractivity contribution in [3.63, 3.8) is 0 Å². The molecule has 128 valence electrons. The van der Waals surface area contributed by atoms with E-state index in [9.17, 15) is 13.2 Å². The topological polar surface area (TPSA) is 76.8 Å². The van der Waals surface area contributed by atoms with Crippen molar-refractivity contribution in [3.8, 4) is 5.75 Å². The SMILES string of the molecule is Cc1cc(OC2CCN(S(=O)(=O)Cc3ccccc3)C2)cc(=O)o1. The van der Waals surface area contributed by atoms with Crippen molar-refractivity contribution >= 4 is 10.0 Å². The summed E-state index contributed by atoms with van der Waals surface area (Å²) in [5.41, 5.74) is 0.287. The Hall–Kier alpha value is -2.12. The van der Waals surface area contributed by atoms with Crippen molar-refractivity contribution in [2.75, 3.05) is 13.1 Å². The lowest BCUT2D eigenvalue weighted by molar-refractivity contribution is 0.213. The van der Waals surface area contributed by atoms with Crippen LogP contribution in [0.25, 0.3) is 0 Å². The van der Waals surface area contributed by atoms with E-state index in [2.05, 4.69) is 0 Å². The van der Waals surface area contributed by atoms with E-state index in [1.165, 1.54) is 10.4 Å². The van der Waals surface area contributed by atoms with Gasteiger partial charge >= 0.3 is 5.63 Å². The summed E-state index contributed by atoms with van der Waals surface area (Å²) < 4.78 is 37.1. The van der Waals surface area contributed by atoms with Crippen LogP contribution in [0.15, 0.2) is 51.7 Å². The van der Waals surface area contributed by atoms with Gasteiger partial charge in [-0.05, 0) is 18.9 Å². The first-order chi connectivity index (χ1) is 11.4. The summed E-state index contributed by atoms with van der Waals surface area (Å²) in [6.07, 6.45) is 0.324. The Kier molecular flexibility index (Phi) is 4.73. The molecule has 2 heterocycles. The van der Waals surface area contributed by atoms with E-state index in [0.29, 0.717) is 24.5 Å². The zero-order chi connectivity index (χ0) is 17.2. The largest absolute Gasteiger partial charge is 0.489 e. The predicted molar refractivity (Wildman–Crippen MR) is 89.4 cm³/mol. The third-order valence-corrected chi connectivity index (χ3v) is 5.68. The normalized spacial score (nSPS) is 18.6. The Morgan fingerprint density at radius 3 is 2.71 bits per heavy atom. The van der Waals surface area contributed by atoms with Crippen molar-refractivity contribution in [2.45, 2.75) is 25.2 Å². The second kappa shape index (κ2) is 6.78. The molecular formula is C17H19NO5S. The first-order valence-corrected chi connectivity index (χ1v) is 9.33. The highest BCUT2D eigenvalue weighted by Gasteiger charge is 2.32. The molecule has 1 fully saturated rings. The smallest absolute Gasteiger partial charge is 0.339 e. The predicted octanol–water partition coefficient (Wildman–Crippen LogP) is 1.93. The summed E-state index contributed by atoms with van der Waals surface area (Å²) in [6, 6.07) is 12.0. The number of rotatable bonds is 5. The maximum absolute atomic E-state index is 12.5. The molecule has 1 atom stereocenters. The number of hydrogen-bond donors (Lipinski definition) is 0. The van der Waals surface area contributed by atoms with Crippen LogP contribution in [0.2, 0.25) is 0 Å². The van der Waals surface area contributed by atoms with Crippen molar-refractivity contribution < 1.29 is 17.6 Å². The van der Waals surface area contributed by atoms with Crippen LogP contribution >= 0.6 is 0 Å². The molecule has 0 radical (unpaired) electrons. The second-order valence-electron chi connectivity index (χ2n) is 5.85. The minimum atomic E-state index is -3.38. The Morgan fingerprint density at radius 1 is 1.25 bits per heavy atom. The van der Waals surface area contributed by atoms with Crippen LogP contribution in [-0.2, 0) is 15.8 Å². The standard InChI is InChI=1S/C17H19NO5S/c1-13-9-16(10-17(19)22-13)23-15-7-8-18(11-15)24(20,21)12-14-5-3-2-4-6-14/h2-6,9-10,15H,7-8,11-12H2,1H3. The van der Waals surface area contributed by atoms with E-state index >= 15 is 0 Å². The summed E-state index contributed by atoms with van der Waals surface area (Å²) in [7, 11) is -3.38. The van der Waals surface area contributed by atoms with Gasteiger partial charge in [-0.25, -0.2) is 13.2 Å². The third-order valence-electron chi connectivity index (χ3n) is 3.86. The van der Waals surface area contributed by atoms with Crippen LogP contribution < -0.4 is 10.4 Å². The number of hydrogen-bond acceptors (Lipinski definition) is 5. The van der Waals surface area contributed by atoms with Gasteiger partial charge in [-0.1, -0.05) is 30.3 Å². The summed E-state index contributed by atoms with van der Waals surface area (Å²) in [5.74, 6) is 0.856. The van der Waals surface area contributed by atoms with E-state index in [1.54, 1.807) is 25.1 Å². The molecule has 0 bridgehead atoms. The average molecular weight is 349 g/mol. The molecule has 1 unspecified atom stereocenters. The summed E-state index contributed by atoms with van der Waals surface area (Å²) in [5, 5.41) is 0. The number of aryl methyl sites for hydroxylation is 1. The van der Waals surface area contributed by atoms with Crippen LogP contribution in [0, 0.1) is 6.92 Å². The Balaban J connectivity index is 1.65. The molecule has 0 aliphatic carbocycles. The van der Waals surface area contributed by atoms with Crippen molar-refractivity contribution in [1.82, 2.24) is 4.31 Å². The third kappa shape index (κ3) is 4.04. The molecule has 1 aliphatic rings. The van der Waals surface area contributed by atoms with Gasteiger partial charge < -0.3 is 9.15 Å². The van der Waals surface area contributed by atoms with Crippen LogP contribution in [0.5, 0.6) is 5.75 Å². The maximum Gasteiger partial charge on any atom is 0.339 e. The lowest BCUT2D eigenvalue weighted by Crippen LogP contribution is -2.32. The number of benzene rings is 1. The molecule has 0 amide bonds. The highest BCUT2D eigenvalue weighted by molar-refractivity contribution is 7.88. The highest BCUT2D eigenvalue weighted by Crippen LogP contribution is 2.22. The quantitative estimate of drug-likeness (QED) is 0.824. The minimum Gasteiger partial charge on any atom is -0.489 e. The fourth-order valence-electron chi connectivity index (χ4n) is 2.76. The molecule has 7 heteroatoms. The number of sulfonamides is 1. The molecule has 3 rings (SSSR count). The van der Waals surface area contributed by atoms with Gasteiger partial charge in [0.1, 0.15) is 17.6 Å². The van der Waals surface area contributed by atoms with Gasteiger partial charge in [-0.3, -0.25) is 0 Å². The maximum atomic E-state index is 12.5. The fraction of sp³-hybridized carbons (Fsp3) is 0.353. The molecule has 2 aromatic rings. The first-order valence-electron chi connectivity index (χ1n) is 7.72. The molecule has 1 saturated heterocycles. The van der Waals surface area contributed by atoms with Crippen LogP contribution in [0.3, 0.4) is 0 Å². The van der Waals surface area contributed by atoms with Gasteiger partial charge in [-0.2, -0.15) is 4.31 Å². The average Bonchev–Trinajstić information content (AvgIpc) is 2.96. The summed E-state index contributed by atoms with van der Waals surface area (Å²) in [4.78, 5) is 11.4. The Bertz CT molecular complexity index is 860. The molecule has 0 saturated carbocycles. The van der Waals surface area contributed by atoms with Crippen LogP contribution in [0.1, 0.15) is 17.7 Å². The molecule has 0 N–H and O–H groups in total. The van der Waals surface area contributed by atoms with E-state index in [4.69, 9.17) is 9.15 Å². The fourth-order valence-corrected chi connectivity index (χ4v) is 4.33. The van der Waals surface area contributed by atoms with Crippen LogP contribution in [0.4, 0.5) is 0 Å². The van der Waals surface area contributed by atoms with E-state index < -0.39 is 15.6 Å². The summed E-state index contributed by atoms with van der Waals surface area (Å²) in [6.45, 7) is 2.37. The number of ether oxygens (including phenoxy) is 1. The van der Waals surface area contributed by atoms with E-state index in [0.717, 1.165) is 5.56 Å². The minimum absolute atomic E-state index is 0.0193. The lowest BCUT2D eigenvalue weighted by atomic mass is 10.2. The molecule has 0 spiro atoms. The summed E-state index contributed by atoms with van der Waals surface area (Å²) >= 11 is 0. The molecule has 6 nitrogen and oxygen atoms in total. The lowest BCUT2D eigenvalue weighted by Gasteiger charge is -2.17. The van der Waals surface area contributed by atoms with Gasteiger partial charge in [0.25, 0.3) is 0 Å². The van der Waals surface area contributed by atoms with Gasteiger partial charge in [0, 0.05) is 12.6 Å². The van der Waals surface area contributed by atoms with Gasteiger partial charge in [0.15, 0.2) is 0 Å². The molecule has 1 aromatic heterocycles. The van der Waals surface area contributed by atoms with E-state index in [1.807, 2.05) is 18.2 Å². The second-order valence-corrected chi connectivity index (χ2v) is 7.82. The van der Waals surface area contributed by atoms with Crippen molar-refractivity contribution in [3.05, 3.63) is 64.2 Å². The molecule has 1 aliphatic heterocycles. The Labute approximate surface area is 140 Å². The molecular weight excluding hydrogens is 330 g/mol. The van der Waals surface area contributed by atoms with Gasteiger partial charge in [0.05, 0.1) is 18.4 Å². The van der Waals surface area contributed by atoms with Gasteiger partial charge in [-0.15, -0.1) is 0 Å². The zero-order valence-electron chi connectivity index (χ0n) is 13.3. The monoisotopic (exact) mass is 349 g/mol. The first kappa shape index (κ1) is 16.7. The highest BCUT2D eigenvalue weighted by atomic mass is 32.2.